The Balaban J connectivity index is 1.58. The summed E-state index contributed by atoms with van der Waals surface area (Å²) in [5.41, 5.74) is 2.16. The monoisotopic (exact) mass is 406 g/mol. The predicted molar refractivity (Wildman–Crippen MR) is 109 cm³/mol. The molecule has 0 saturated heterocycles. The Hall–Kier alpha value is -2.23. The number of aromatic nitrogens is 1. The molecule has 0 amide bonds. The highest BCUT2D eigenvalue weighted by atomic mass is 32.2. The largest absolute Gasteiger partial charge is 0.373 e. The van der Waals surface area contributed by atoms with Crippen LogP contribution in [0.15, 0.2) is 58.4 Å². The van der Waals surface area contributed by atoms with Crippen LogP contribution in [0.3, 0.4) is 0 Å². The third-order valence-electron chi connectivity index (χ3n) is 4.17. The summed E-state index contributed by atoms with van der Waals surface area (Å²) in [6, 6.07) is 8.14. The zero-order chi connectivity index (χ0) is 19.3. The second kappa shape index (κ2) is 8.64. The van der Waals surface area contributed by atoms with Crippen LogP contribution in [-0.4, -0.2) is 47.5 Å². The summed E-state index contributed by atoms with van der Waals surface area (Å²) in [7, 11) is -1.90. The first kappa shape index (κ1) is 19.5. The highest BCUT2D eigenvalue weighted by Gasteiger charge is 2.08. The third-order valence-corrected chi connectivity index (χ3v) is 6.08. The van der Waals surface area contributed by atoms with Crippen molar-refractivity contribution >= 4 is 37.9 Å². The maximum absolute atomic E-state index is 10.7. The molecule has 0 bridgehead atoms. The zero-order valence-electron chi connectivity index (χ0n) is 15.0. The first-order chi connectivity index (χ1) is 12.9. The number of nitrogens with zero attached hydrogens (tertiary/aromatic N) is 4. The fourth-order valence-electron chi connectivity index (χ4n) is 2.80. The van der Waals surface area contributed by atoms with E-state index in [4.69, 9.17) is 4.55 Å². The van der Waals surface area contributed by atoms with Crippen molar-refractivity contribution in [3.8, 4) is 0 Å². The van der Waals surface area contributed by atoms with E-state index in [0.29, 0.717) is 19.4 Å². The van der Waals surface area contributed by atoms with Crippen LogP contribution >= 0.6 is 11.3 Å². The quantitative estimate of drug-likeness (QED) is 0.331. The van der Waals surface area contributed by atoms with Gasteiger partial charge in [0, 0.05) is 20.1 Å². The number of aryl methyl sites for hydroxylation is 1. The molecule has 2 heterocycles. The number of hydrogen-bond donors (Lipinski definition) is 1. The number of rotatable bonds is 7. The first-order valence-corrected chi connectivity index (χ1v) is 11.0. The molecule has 3 rings (SSSR count). The number of allylic oxidation sites excluding steroid dienone is 2. The average Bonchev–Trinajstić information content (AvgIpc) is 2.95. The van der Waals surface area contributed by atoms with Crippen LogP contribution in [0.1, 0.15) is 12.8 Å². The van der Waals surface area contributed by atoms with E-state index in [2.05, 4.69) is 27.2 Å². The summed E-state index contributed by atoms with van der Waals surface area (Å²) < 4.78 is 33.4. The van der Waals surface area contributed by atoms with Crippen LogP contribution in [0.4, 0.5) is 0 Å². The molecule has 2 aromatic rings. The van der Waals surface area contributed by atoms with Crippen molar-refractivity contribution in [2.45, 2.75) is 12.8 Å². The smallest absolute Gasteiger partial charge is 0.264 e. The molecule has 0 spiro atoms. The molecule has 0 saturated carbocycles. The summed E-state index contributed by atoms with van der Waals surface area (Å²) in [6.07, 6.45) is 8.77. The first-order valence-electron chi connectivity index (χ1n) is 8.60. The van der Waals surface area contributed by atoms with Gasteiger partial charge in [-0.25, -0.2) is 0 Å². The average molecular weight is 407 g/mol. The van der Waals surface area contributed by atoms with Crippen molar-refractivity contribution in [3.63, 3.8) is 0 Å². The summed E-state index contributed by atoms with van der Waals surface area (Å²) in [5, 5.41) is 8.57. The molecule has 144 valence electrons. The Kier molecular flexibility index (Phi) is 6.25. The van der Waals surface area contributed by atoms with Crippen molar-refractivity contribution < 1.29 is 13.0 Å². The minimum Gasteiger partial charge on any atom is -0.373 e. The highest BCUT2D eigenvalue weighted by Crippen LogP contribution is 2.15. The van der Waals surface area contributed by atoms with E-state index in [0.717, 1.165) is 22.4 Å². The van der Waals surface area contributed by atoms with Gasteiger partial charge >= 0.3 is 0 Å². The molecule has 7 nitrogen and oxygen atoms in total. The standard InChI is InChI=1S/C18H22N4O3S2/c1-21-16-8-2-3-9-17(16)26-18(21)20-19-13-15-7-6-11-22(14-15)10-4-5-12-27(23,24)25/h2-3,6-9,11,13H,4-5,10,12,14H2,1H3,(H,23,24,25). The Bertz CT molecular complexity index is 1060. The zero-order valence-corrected chi connectivity index (χ0v) is 16.7. The lowest BCUT2D eigenvalue weighted by molar-refractivity contribution is 0.395. The van der Waals surface area contributed by atoms with Gasteiger partial charge in [0.15, 0.2) is 0 Å². The number of unbranched alkanes of at least 4 members (excludes halogenated alkanes) is 1. The fourth-order valence-corrected chi connectivity index (χ4v) is 4.34. The van der Waals surface area contributed by atoms with Crippen LogP contribution in [0, 0.1) is 0 Å². The Labute approximate surface area is 162 Å². The van der Waals surface area contributed by atoms with Gasteiger partial charge in [0.05, 0.1) is 22.2 Å². The van der Waals surface area contributed by atoms with Gasteiger partial charge < -0.3 is 9.47 Å². The topological polar surface area (TPSA) is 87.3 Å². The number of thiazole rings is 1. The van der Waals surface area contributed by atoms with E-state index in [1.54, 1.807) is 17.6 Å². The van der Waals surface area contributed by atoms with E-state index in [-0.39, 0.29) is 5.75 Å². The van der Waals surface area contributed by atoms with Crippen molar-refractivity contribution in [3.05, 3.63) is 53.0 Å². The van der Waals surface area contributed by atoms with Gasteiger partial charge in [-0.15, -0.1) is 5.10 Å². The minimum atomic E-state index is -3.87. The lowest BCUT2D eigenvalue weighted by atomic mass is 10.2. The van der Waals surface area contributed by atoms with Gasteiger partial charge in [0.2, 0.25) is 4.80 Å². The minimum absolute atomic E-state index is 0.195. The maximum Gasteiger partial charge on any atom is 0.264 e. The molecular formula is C18H22N4O3S2. The van der Waals surface area contributed by atoms with Gasteiger partial charge in [0.25, 0.3) is 10.1 Å². The molecule has 1 aliphatic rings. The number of para-hydroxylation sites is 1. The molecule has 0 radical (unpaired) electrons. The normalized spacial score (nSPS) is 15.9. The second-order valence-corrected chi connectivity index (χ2v) is 8.88. The number of fused-ring (bicyclic) bond motifs is 1. The van der Waals surface area contributed by atoms with Gasteiger partial charge in [-0.05, 0) is 42.8 Å². The van der Waals surface area contributed by atoms with Crippen LogP contribution in [0.25, 0.3) is 10.2 Å². The van der Waals surface area contributed by atoms with E-state index in [9.17, 15) is 8.42 Å². The number of benzene rings is 1. The van der Waals surface area contributed by atoms with Gasteiger partial charge in [0.1, 0.15) is 0 Å². The van der Waals surface area contributed by atoms with Crippen molar-refractivity contribution in [2.75, 3.05) is 18.8 Å². The van der Waals surface area contributed by atoms with Crippen molar-refractivity contribution in [1.29, 1.82) is 0 Å². The van der Waals surface area contributed by atoms with E-state index in [1.165, 1.54) is 4.70 Å². The van der Waals surface area contributed by atoms with Crippen LogP contribution in [0.5, 0.6) is 0 Å². The summed E-state index contributed by atoms with van der Waals surface area (Å²) in [4.78, 5) is 2.92. The third kappa shape index (κ3) is 5.62. The molecule has 0 aliphatic carbocycles. The second-order valence-electron chi connectivity index (χ2n) is 6.30. The van der Waals surface area contributed by atoms with E-state index in [1.807, 2.05) is 42.1 Å². The molecule has 0 atom stereocenters. The predicted octanol–water partition coefficient (Wildman–Crippen LogP) is 2.55. The van der Waals surface area contributed by atoms with Crippen molar-refractivity contribution in [1.82, 2.24) is 9.47 Å². The van der Waals surface area contributed by atoms with Gasteiger partial charge in [-0.2, -0.15) is 13.5 Å². The molecule has 1 aromatic carbocycles. The Morgan fingerprint density at radius 1 is 1.30 bits per heavy atom. The lowest BCUT2D eigenvalue weighted by Crippen LogP contribution is -2.24. The molecule has 1 N–H and O–H groups in total. The molecule has 1 aromatic heterocycles. The summed E-state index contributed by atoms with van der Waals surface area (Å²) in [6.45, 7) is 1.42. The Morgan fingerprint density at radius 3 is 2.89 bits per heavy atom. The van der Waals surface area contributed by atoms with Crippen molar-refractivity contribution in [2.24, 2.45) is 17.3 Å². The van der Waals surface area contributed by atoms with Crippen LogP contribution in [0.2, 0.25) is 0 Å². The molecule has 9 heteroatoms. The number of hydrogen-bond acceptors (Lipinski definition) is 6. The van der Waals surface area contributed by atoms with Gasteiger partial charge in [-0.3, -0.25) is 4.55 Å². The lowest BCUT2D eigenvalue weighted by Gasteiger charge is -2.22. The summed E-state index contributed by atoms with van der Waals surface area (Å²) >= 11 is 1.60. The van der Waals surface area contributed by atoms with E-state index < -0.39 is 10.1 Å². The molecule has 27 heavy (non-hydrogen) atoms. The van der Waals surface area contributed by atoms with Crippen LogP contribution < -0.4 is 4.80 Å². The fraction of sp³-hybridized carbons (Fsp3) is 0.333. The molecule has 0 unspecified atom stereocenters. The Morgan fingerprint density at radius 2 is 2.11 bits per heavy atom. The maximum atomic E-state index is 10.7. The summed E-state index contributed by atoms with van der Waals surface area (Å²) in [5.74, 6) is -0.195. The highest BCUT2D eigenvalue weighted by molar-refractivity contribution is 7.85. The molecular weight excluding hydrogens is 384 g/mol. The SMILES string of the molecule is Cn1c(=NN=CC2=CC=CN(CCCCS(=O)(=O)O)C2)sc2ccccc21. The van der Waals surface area contributed by atoms with E-state index >= 15 is 0 Å². The van der Waals surface area contributed by atoms with Crippen LogP contribution in [-0.2, 0) is 17.2 Å². The molecule has 1 aliphatic heterocycles. The molecule has 0 fully saturated rings. The van der Waals surface area contributed by atoms with Gasteiger partial charge in [-0.1, -0.05) is 29.5 Å².